The number of nitrogens with zero attached hydrogens (tertiary/aromatic N) is 2. The largest absolute Gasteiger partial charge is 0.493 e. The summed E-state index contributed by atoms with van der Waals surface area (Å²) in [5.41, 5.74) is 3.21. The smallest absolute Gasteiger partial charge is 0.196 e. The van der Waals surface area contributed by atoms with Gasteiger partial charge in [0, 0.05) is 38.1 Å². The average Bonchev–Trinajstić information content (AvgIpc) is 2.66. The van der Waals surface area contributed by atoms with Crippen LogP contribution < -0.4 is 25.0 Å². The monoisotopic (exact) mass is 356 g/mol. The molecule has 0 fully saturated rings. The number of ether oxygens (including phenoxy) is 2. The summed E-state index contributed by atoms with van der Waals surface area (Å²) in [6.45, 7) is 3.41. The highest BCUT2D eigenvalue weighted by Crippen LogP contribution is 2.29. The maximum Gasteiger partial charge on any atom is 0.196 e. The van der Waals surface area contributed by atoms with Crippen LogP contribution in [0, 0.1) is 0 Å². The number of nitrogens with one attached hydrogen (secondary N) is 2. The lowest BCUT2D eigenvalue weighted by atomic mass is 10.2. The molecule has 26 heavy (non-hydrogen) atoms. The molecule has 0 radical (unpaired) electrons. The Morgan fingerprint density at radius 2 is 1.69 bits per heavy atom. The molecule has 0 bridgehead atoms. The van der Waals surface area contributed by atoms with Gasteiger partial charge in [0.15, 0.2) is 17.5 Å². The molecule has 6 heteroatoms. The highest BCUT2D eigenvalue weighted by atomic mass is 16.5. The standard InChI is InChI=1S/C20H28N4O2/c1-6-21-20(22-14-15-7-10-17(11-8-15)24(2)3)23-16-9-12-18(25-4)19(13-16)26-5/h7-13H,6,14H2,1-5H3,(H2,21,22,23). The molecule has 0 unspecified atom stereocenters. The van der Waals surface area contributed by atoms with Gasteiger partial charge in [-0.2, -0.15) is 0 Å². The molecule has 2 aromatic rings. The molecule has 0 saturated heterocycles. The number of guanidine groups is 1. The van der Waals surface area contributed by atoms with Crippen molar-refractivity contribution in [3.8, 4) is 11.5 Å². The number of benzene rings is 2. The van der Waals surface area contributed by atoms with Gasteiger partial charge in [0.05, 0.1) is 20.8 Å². The summed E-state index contributed by atoms with van der Waals surface area (Å²) in [4.78, 5) is 6.74. The van der Waals surface area contributed by atoms with E-state index in [1.807, 2.05) is 39.2 Å². The Labute approximate surface area is 155 Å². The number of anilines is 2. The van der Waals surface area contributed by atoms with E-state index in [4.69, 9.17) is 9.47 Å². The summed E-state index contributed by atoms with van der Waals surface area (Å²) < 4.78 is 10.6. The molecule has 140 valence electrons. The fourth-order valence-corrected chi connectivity index (χ4v) is 2.43. The van der Waals surface area contributed by atoms with Crippen molar-refractivity contribution < 1.29 is 9.47 Å². The van der Waals surface area contributed by atoms with Crippen molar-refractivity contribution >= 4 is 17.3 Å². The summed E-state index contributed by atoms with van der Waals surface area (Å²) in [6.07, 6.45) is 0. The predicted octanol–water partition coefficient (Wildman–Crippen LogP) is 3.35. The third-order valence-corrected chi connectivity index (χ3v) is 3.86. The van der Waals surface area contributed by atoms with Crippen LogP contribution in [0.5, 0.6) is 11.5 Å². The highest BCUT2D eigenvalue weighted by molar-refractivity contribution is 5.93. The summed E-state index contributed by atoms with van der Waals surface area (Å²) in [6, 6.07) is 14.1. The van der Waals surface area contributed by atoms with Crippen molar-refractivity contribution in [3.63, 3.8) is 0 Å². The molecule has 2 rings (SSSR count). The number of aliphatic imine (C=N–C) groups is 1. The van der Waals surface area contributed by atoms with Gasteiger partial charge in [-0.05, 0) is 36.8 Å². The van der Waals surface area contributed by atoms with Crippen molar-refractivity contribution in [1.29, 1.82) is 0 Å². The second-order valence-electron chi connectivity index (χ2n) is 5.95. The van der Waals surface area contributed by atoms with Gasteiger partial charge in [-0.15, -0.1) is 0 Å². The van der Waals surface area contributed by atoms with Gasteiger partial charge in [0.1, 0.15) is 0 Å². The Balaban J connectivity index is 2.11. The zero-order valence-electron chi connectivity index (χ0n) is 16.2. The number of rotatable bonds is 7. The van der Waals surface area contributed by atoms with E-state index in [1.54, 1.807) is 14.2 Å². The van der Waals surface area contributed by atoms with E-state index >= 15 is 0 Å². The topological polar surface area (TPSA) is 58.1 Å². The molecule has 0 amide bonds. The minimum Gasteiger partial charge on any atom is -0.493 e. The third kappa shape index (κ3) is 5.31. The summed E-state index contributed by atoms with van der Waals surface area (Å²) >= 11 is 0. The molecule has 2 aromatic carbocycles. The normalized spacial score (nSPS) is 11.0. The summed E-state index contributed by atoms with van der Waals surface area (Å²) in [5.74, 6) is 2.09. The molecular formula is C20H28N4O2. The van der Waals surface area contributed by atoms with E-state index in [1.165, 1.54) is 5.69 Å². The van der Waals surface area contributed by atoms with Crippen molar-refractivity contribution in [1.82, 2.24) is 5.32 Å². The van der Waals surface area contributed by atoms with Crippen molar-refractivity contribution in [3.05, 3.63) is 48.0 Å². The lowest BCUT2D eigenvalue weighted by molar-refractivity contribution is 0.355. The van der Waals surface area contributed by atoms with Crippen LogP contribution in [0.2, 0.25) is 0 Å². The molecule has 6 nitrogen and oxygen atoms in total. The number of methoxy groups -OCH3 is 2. The first-order valence-electron chi connectivity index (χ1n) is 8.61. The Bertz CT molecular complexity index is 727. The van der Waals surface area contributed by atoms with Crippen LogP contribution in [0.25, 0.3) is 0 Å². The van der Waals surface area contributed by atoms with Crippen molar-refractivity contribution in [2.75, 3.05) is 45.1 Å². The van der Waals surface area contributed by atoms with Crippen LogP contribution in [0.1, 0.15) is 12.5 Å². The minimum atomic E-state index is 0.594. The van der Waals surface area contributed by atoms with E-state index in [2.05, 4.69) is 44.8 Å². The van der Waals surface area contributed by atoms with Crippen LogP contribution in [-0.2, 0) is 6.54 Å². The summed E-state index contributed by atoms with van der Waals surface area (Å²) in [7, 11) is 7.31. The van der Waals surface area contributed by atoms with E-state index in [-0.39, 0.29) is 0 Å². The second kappa shape index (κ2) is 9.56. The van der Waals surface area contributed by atoms with E-state index in [9.17, 15) is 0 Å². The molecule has 0 saturated carbocycles. The molecule has 0 spiro atoms. The lowest BCUT2D eigenvalue weighted by Gasteiger charge is -2.14. The van der Waals surface area contributed by atoms with Gasteiger partial charge in [-0.25, -0.2) is 4.99 Å². The number of hydrogen-bond acceptors (Lipinski definition) is 4. The highest BCUT2D eigenvalue weighted by Gasteiger charge is 2.06. The van der Waals surface area contributed by atoms with E-state index < -0.39 is 0 Å². The van der Waals surface area contributed by atoms with Crippen LogP contribution in [0.4, 0.5) is 11.4 Å². The van der Waals surface area contributed by atoms with Crippen LogP contribution in [0.15, 0.2) is 47.5 Å². The lowest BCUT2D eigenvalue weighted by Crippen LogP contribution is -2.30. The molecule has 0 aliphatic heterocycles. The Morgan fingerprint density at radius 1 is 1.00 bits per heavy atom. The number of hydrogen-bond donors (Lipinski definition) is 2. The van der Waals surface area contributed by atoms with Gasteiger partial charge in [-0.1, -0.05) is 12.1 Å². The van der Waals surface area contributed by atoms with Crippen LogP contribution in [-0.4, -0.2) is 40.8 Å². The molecule has 2 N–H and O–H groups in total. The zero-order chi connectivity index (χ0) is 18.9. The van der Waals surface area contributed by atoms with Crippen molar-refractivity contribution in [2.45, 2.75) is 13.5 Å². The van der Waals surface area contributed by atoms with Gasteiger partial charge in [0.25, 0.3) is 0 Å². The molecule has 0 heterocycles. The molecule has 0 aliphatic rings. The third-order valence-electron chi connectivity index (χ3n) is 3.86. The quantitative estimate of drug-likeness (QED) is 0.589. The maximum atomic E-state index is 5.35. The fraction of sp³-hybridized carbons (Fsp3) is 0.350. The molecule has 0 atom stereocenters. The predicted molar refractivity (Wildman–Crippen MR) is 109 cm³/mol. The Kier molecular flexibility index (Phi) is 7.14. The average molecular weight is 356 g/mol. The van der Waals surface area contributed by atoms with Crippen LogP contribution in [0.3, 0.4) is 0 Å². The minimum absolute atomic E-state index is 0.594. The second-order valence-corrected chi connectivity index (χ2v) is 5.95. The first kappa shape index (κ1) is 19.4. The molecular weight excluding hydrogens is 328 g/mol. The van der Waals surface area contributed by atoms with Gasteiger partial charge >= 0.3 is 0 Å². The van der Waals surface area contributed by atoms with Crippen molar-refractivity contribution in [2.24, 2.45) is 4.99 Å². The first-order valence-corrected chi connectivity index (χ1v) is 8.61. The molecule has 0 aliphatic carbocycles. The van der Waals surface area contributed by atoms with E-state index in [0.717, 1.165) is 23.8 Å². The van der Waals surface area contributed by atoms with Crippen LogP contribution >= 0.6 is 0 Å². The van der Waals surface area contributed by atoms with Gasteiger partial charge < -0.3 is 25.0 Å². The SMILES string of the molecule is CCNC(=NCc1ccc(N(C)C)cc1)Nc1ccc(OC)c(OC)c1. The zero-order valence-corrected chi connectivity index (χ0v) is 16.2. The maximum absolute atomic E-state index is 5.35. The molecule has 0 aromatic heterocycles. The van der Waals surface area contributed by atoms with E-state index in [0.29, 0.717) is 18.0 Å². The fourth-order valence-electron chi connectivity index (χ4n) is 2.43. The Hall–Kier alpha value is -2.89. The summed E-state index contributed by atoms with van der Waals surface area (Å²) in [5, 5.41) is 6.56. The van der Waals surface area contributed by atoms with Gasteiger partial charge in [0.2, 0.25) is 0 Å². The van der Waals surface area contributed by atoms with Gasteiger partial charge in [-0.3, -0.25) is 0 Å². The first-order chi connectivity index (χ1) is 12.6. The Morgan fingerprint density at radius 3 is 2.27 bits per heavy atom.